The first kappa shape index (κ1) is 31.9. The van der Waals surface area contributed by atoms with E-state index in [1.165, 1.54) is 44.3 Å². The van der Waals surface area contributed by atoms with Gasteiger partial charge in [-0.2, -0.15) is 0 Å². The van der Waals surface area contributed by atoms with Crippen LogP contribution in [0.1, 0.15) is 35.1 Å². The van der Waals surface area contributed by atoms with Crippen molar-refractivity contribution in [2.45, 2.75) is 18.3 Å². The molecular weight excluding hydrogens is 695 g/mol. The normalized spacial score (nSPS) is 14.5. The Morgan fingerprint density at radius 3 is 1.75 bits per heavy atom. The highest BCUT2D eigenvalue weighted by Crippen LogP contribution is 2.59. The van der Waals surface area contributed by atoms with Gasteiger partial charge < -0.3 is 9.13 Å². The summed E-state index contributed by atoms with van der Waals surface area (Å²) in [6.07, 6.45) is 16.3. The van der Waals surface area contributed by atoms with Crippen LogP contribution in [-0.4, -0.2) is 24.1 Å². The molecule has 2 aliphatic rings. The maximum absolute atomic E-state index is 5.01. The van der Waals surface area contributed by atoms with Gasteiger partial charge in [-0.25, -0.2) is 0 Å². The Hall–Kier alpha value is -7.37. The molecule has 0 amide bonds. The number of hydrogen-bond donors (Lipinski definition) is 0. The lowest BCUT2D eigenvalue weighted by Gasteiger charge is -2.36. The lowest BCUT2D eigenvalue weighted by atomic mass is 9.65. The molecule has 0 N–H and O–H groups in total. The molecule has 0 saturated heterocycles. The maximum atomic E-state index is 5.01. The monoisotopic (exact) mass is 729 g/mol. The molecule has 5 nitrogen and oxygen atoms in total. The minimum atomic E-state index is -0.399. The molecule has 5 aromatic heterocycles. The van der Waals surface area contributed by atoms with E-state index in [2.05, 4.69) is 177 Å². The van der Waals surface area contributed by atoms with E-state index in [1.807, 2.05) is 31.0 Å². The molecule has 5 aromatic carbocycles. The Bertz CT molecular complexity index is 3170. The second-order valence-electron chi connectivity index (χ2n) is 15.1. The summed E-state index contributed by atoms with van der Waals surface area (Å²) >= 11 is 0. The van der Waals surface area contributed by atoms with Gasteiger partial charge in [0.15, 0.2) is 0 Å². The lowest BCUT2D eigenvalue weighted by molar-refractivity contribution is 0.697. The summed E-state index contributed by atoms with van der Waals surface area (Å²) in [5.41, 5.74) is 17.8. The topological polar surface area (TPSA) is 48.5 Å². The van der Waals surface area contributed by atoms with E-state index < -0.39 is 5.41 Å². The van der Waals surface area contributed by atoms with Crippen LogP contribution in [0.2, 0.25) is 0 Å². The van der Waals surface area contributed by atoms with E-state index in [9.17, 15) is 0 Å². The number of rotatable bonds is 5. The smallest absolute Gasteiger partial charge is 0.0963 e. The quantitative estimate of drug-likeness (QED) is 0.177. The van der Waals surface area contributed by atoms with E-state index in [-0.39, 0.29) is 0 Å². The molecular formula is C52H35N5. The minimum Gasteiger partial charge on any atom is -0.309 e. The third-order valence-electron chi connectivity index (χ3n) is 12.3. The van der Waals surface area contributed by atoms with Gasteiger partial charge in [0.25, 0.3) is 0 Å². The highest BCUT2D eigenvalue weighted by atomic mass is 15.0. The van der Waals surface area contributed by atoms with Crippen molar-refractivity contribution >= 4 is 49.3 Å². The Morgan fingerprint density at radius 1 is 0.509 bits per heavy atom. The molecule has 0 aliphatic heterocycles. The Labute approximate surface area is 329 Å². The van der Waals surface area contributed by atoms with Crippen molar-refractivity contribution in [2.75, 3.05) is 0 Å². The Kier molecular flexibility index (Phi) is 6.90. The second kappa shape index (κ2) is 12.3. The molecule has 5 heteroatoms. The fourth-order valence-electron chi connectivity index (χ4n) is 10.0. The van der Waals surface area contributed by atoms with E-state index in [0.717, 1.165) is 68.2 Å². The lowest BCUT2D eigenvalue weighted by Crippen LogP contribution is -2.30. The predicted octanol–water partition coefficient (Wildman–Crippen LogP) is 12.2. The number of fused-ring (bicyclic) bond motifs is 9. The molecule has 10 aromatic rings. The maximum Gasteiger partial charge on any atom is 0.0963 e. The number of allylic oxidation sites excluding steroid dienone is 4. The summed E-state index contributed by atoms with van der Waals surface area (Å²) in [6, 6.07) is 53.3. The van der Waals surface area contributed by atoms with Gasteiger partial charge in [-0.15, -0.1) is 0 Å². The van der Waals surface area contributed by atoms with Crippen LogP contribution in [0.15, 0.2) is 194 Å². The van der Waals surface area contributed by atoms with Crippen molar-refractivity contribution in [3.05, 3.63) is 217 Å². The average Bonchev–Trinajstić information content (AvgIpc) is 3.92. The first-order chi connectivity index (χ1) is 28.3. The van der Waals surface area contributed by atoms with Gasteiger partial charge in [-0.05, 0) is 100 Å². The molecule has 57 heavy (non-hydrogen) atoms. The average molecular weight is 730 g/mol. The molecule has 12 rings (SSSR count). The van der Waals surface area contributed by atoms with Crippen LogP contribution in [0.25, 0.3) is 71.8 Å². The third kappa shape index (κ3) is 4.48. The van der Waals surface area contributed by atoms with Crippen molar-refractivity contribution in [1.82, 2.24) is 24.1 Å². The van der Waals surface area contributed by atoms with E-state index in [1.54, 1.807) is 0 Å². The van der Waals surface area contributed by atoms with Gasteiger partial charge in [0.05, 0.1) is 33.0 Å². The van der Waals surface area contributed by atoms with Crippen LogP contribution >= 0.6 is 0 Å². The van der Waals surface area contributed by atoms with Gasteiger partial charge in [-0.1, -0.05) is 109 Å². The van der Waals surface area contributed by atoms with Crippen LogP contribution in [0.4, 0.5) is 0 Å². The van der Waals surface area contributed by atoms with Gasteiger partial charge in [-0.3, -0.25) is 15.0 Å². The fraction of sp³-hybridized carbons (Fsp3) is 0.0577. The largest absolute Gasteiger partial charge is 0.309 e. The molecule has 0 unspecified atom stereocenters. The van der Waals surface area contributed by atoms with Gasteiger partial charge in [0, 0.05) is 64.1 Å². The zero-order chi connectivity index (χ0) is 37.5. The van der Waals surface area contributed by atoms with Crippen LogP contribution < -0.4 is 0 Å². The van der Waals surface area contributed by atoms with Crippen molar-refractivity contribution in [3.63, 3.8) is 0 Å². The first-order valence-corrected chi connectivity index (χ1v) is 19.6. The summed E-state index contributed by atoms with van der Waals surface area (Å²) in [6.45, 7) is 0. The van der Waals surface area contributed by atoms with Crippen LogP contribution in [0.3, 0.4) is 0 Å². The van der Waals surface area contributed by atoms with E-state index in [0.29, 0.717) is 0 Å². The van der Waals surface area contributed by atoms with Crippen LogP contribution in [-0.2, 0) is 5.41 Å². The molecule has 0 radical (unpaired) electrons. The molecule has 0 fully saturated rings. The highest BCUT2D eigenvalue weighted by molar-refractivity contribution is 6.14. The summed E-state index contributed by atoms with van der Waals surface area (Å²) in [4.78, 5) is 13.8. The second-order valence-corrected chi connectivity index (χ2v) is 15.1. The standard InChI is InChI=1S/C52H35N5/c1-3-10-36(11-4-1)52(37-12-5-2-6-13-37)44-15-8-7-14-40(44)49-45(52)26-25-41-50-48(16-9-29-55-50)57(51(41)49)39-23-19-35(20-24-39)34-17-21-38(22-18-34)56-46-27-30-53-32-42(46)43-33-54-31-28-47(43)56/h1-7,9-14,16-33H,8,15H2. The van der Waals surface area contributed by atoms with Crippen molar-refractivity contribution in [3.8, 4) is 22.5 Å². The summed E-state index contributed by atoms with van der Waals surface area (Å²) in [5.74, 6) is 0. The summed E-state index contributed by atoms with van der Waals surface area (Å²) in [5, 5.41) is 3.37. The molecule has 5 heterocycles. The zero-order valence-corrected chi connectivity index (χ0v) is 31.0. The van der Waals surface area contributed by atoms with E-state index >= 15 is 0 Å². The van der Waals surface area contributed by atoms with Crippen LogP contribution in [0, 0.1) is 0 Å². The fourth-order valence-corrected chi connectivity index (χ4v) is 10.0. The number of aromatic nitrogens is 5. The number of benzene rings is 5. The molecule has 0 bridgehead atoms. The number of pyridine rings is 3. The highest BCUT2D eigenvalue weighted by Gasteiger charge is 2.48. The third-order valence-corrected chi connectivity index (χ3v) is 12.3. The minimum absolute atomic E-state index is 0.399. The van der Waals surface area contributed by atoms with E-state index in [4.69, 9.17) is 4.98 Å². The molecule has 0 saturated carbocycles. The molecule has 2 aliphatic carbocycles. The summed E-state index contributed by atoms with van der Waals surface area (Å²) in [7, 11) is 0. The molecule has 268 valence electrons. The number of nitrogens with zero attached hydrogens (tertiary/aromatic N) is 5. The number of hydrogen-bond acceptors (Lipinski definition) is 3. The van der Waals surface area contributed by atoms with Crippen LogP contribution in [0.5, 0.6) is 0 Å². The zero-order valence-electron chi connectivity index (χ0n) is 31.0. The molecule has 0 spiro atoms. The summed E-state index contributed by atoms with van der Waals surface area (Å²) < 4.78 is 4.75. The van der Waals surface area contributed by atoms with Gasteiger partial charge in [0.1, 0.15) is 0 Å². The molecule has 0 atom stereocenters. The van der Waals surface area contributed by atoms with Gasteiger partial charge >= 0.3 is 0 Å². The Morgan fingerprint density at radius 2 is 1.12 bits per heavy atom. The predicted molar refractivity (Wildman–Crippen MR) is 232 cm³/mol. The van der Waals surface area contributed by atoms with Crippen molar-refractivity contribution in [2.24, 2.45) is 0 Å². The SMILES string of the molecule is C1=CC2=C(CC1)C(c1ccccc1)(c1ccccc1)c1ccc3c4ncccc4n(-c4ccc(-c5ccc(-n6c7ccncc7c7cnccc76)cc5)cc4)c3c12. The van der Waals surface area contributed by atoms with Gasteiger partial charge in [0.2, 0.25) is 0 Å². The van der Waals surface area contributed by atoms with Crippen molar-refractivity contribution in [1.29, 1.82) is 0 Å². The van der Waals surface area contributed by atoms with Crippen molar-refractivity contribution < 1.29 is 0 Å². The Balaban J connectivity index is 1.03. The first-order valence-electron chi connectivity index (χ1n) is 19.6.